The third-order valence-electron chi connectivity index (χ3n) is 3.72. The fourth-order valence-corrected chi connectivity index (χ4v) is 5.55. The molecular weight excluding hydrogens is 358 g/mol. The van der Waals surface area contributed by atoms with Crippen LogP contribution in [0.5, 0.6) is 0 Å². The van der Waals surface area contributed by atoms with Crippen LogP contribution in [0.4, 0.5) is 5.69 Å². The number of aromatic amines is 1. The zero-order valence-electron chi connectivity index (χ0n) is 12.3. The second-order valence-corrected chi connectivity index (χ2v) is 8.58. The second kappa shape index (κ2) is 6.27. The van der Waals surface area contributed by atoms with Crippen molar-refractivity contribution in [2.75, 3.05) is 11.9 Å². The lowest BCUT2D eigenvalue weighted by atomic mass is 9.99. The van der Waals surface area contributed by atoms with E-state index in [9.17, 15) is 13.2 Å². The van der Waals surface area contributed by atoms with Gasteiger partial charge in [0.25, 0.3) is 10.0 Å². The highest BCUT2D eigenvalue weighted by Crippen LogP contribution is 2.33. The number of sulfonamides is 1. The Labute approximate surface area is 142 Å². The van der Waals surface area contributed by atoms with E-state index >= 15 is 0 Å². The molecule has 6 nitrogen and oxygen atoms in total. The largest absolute Gasteiger partial charge is 0.385 e. The molecule has 23 heavy (non-hydrogen) atoms. The molecule has 1 aliphatic heterocycles. The molecule has 0 saturated carbocycles. The second-order valence-electron chi connectivity index (χ2n) is 5.25. The Balaban J connectivity index is 1.96. The Hall–Kier alpha value is -1.35. The van der Waals surface area contributed by atoms with Crippen LogP contribution in [0, 0.1) is 0 Å². The van der Waals surface area contributed by atoms with Gasteiger partial charge in [-0.1, -0.05) is 29.9 Å². The van der Waals surface area contributed by atoms with E-state index in [1.165, 1.54) is 0 Å². The van der Waals surface area contributed by atoms with E-state index in [0.29, 0.717) is 41.4 Å². The van der Waals surface area contributed by atoms with Gasteiger partial charge in [-0.25, -0.2) is 13.1 Å². The normalized spacial score (nSPS) is 17.6. The van der Waals surface area contributed by atoms with Crippen LogP contribution >= 0.6 is 22.9 Å². The van der Waals surface area contributed by atoms with Crippen molar-refractivity contribution in [3.63, 3.8) is 0 Å². The number of fused-ring (bicyclic) bond motifs is 1. The summed E-state index contributed by atoms with van der Waals surface area (Å²) >= 11 is 6.75. The molecule has 1 atom stereocenters. The SMILES string of the molecule is CCc1[nH]c(=O)sc1S(=O)(=O)NC1CCNc2ccc(Cl)cc21. The van der Waals surface area contributed by atoms with E-state index in [1.54, 1.807) is 19.1 Å². The lowest BCUT2D eigenvalue weighted by Gasteiger charge is -2.27. The number of rotatable bonds is 4. The van der Waals surface area contributed by atoms with Crippen molar-refractivity contribution < 1.29 is 8.42 Å². The molecule has 2 heterocycles. The van der Waals surface area contributed by atoms with Gasteiger partial charge in [0.2, 0.25) is 0 Å². The van der Waals surface area contributed by atoms with Gasteiger partial charge in [0.1, 0.15) is 0 Å². The highest BCUT2D eigenvalue weighted by Gasteiger charge is 2.28. The van der Waals surface area contributed by atoms with Gasteiger partial charge >= 0.3 is 4.87 Å². The number of anilines is 1. The fourth-order valence-electron chi connectivity index (χ4n) is 2.65. The van der Waals surface area contributed by atoms with Crippen LogP contribution in [-0.4, -0.2) is 19.9 Å². The maximum absolute atomic E-state index is 12.7. The summed E-state index contributed by atoms with van der Waals surface area (Å²) in [4.78, 5) is 13.7. The van der Waals surface area contributed by atoms with Crippen molar-refractivity contribution in [2.45, 2.75) is 30.0 Å². The average molecular weight is 374 g/mol. The Morgan fingerprint density at radius 3 is 2.96 bits per heavy atom. The third kappa shape index (κ3) is 3.30. The summed E-state index contributed by atoms with van der Waals surface area (Å²) in [6.45, 7) is 2.46. The molecule has 1 aliphatic rings. The first kappa shape index (κ1) is 16.5. The van der Waals surface area contributed by atoms with Gasteiger partial charge in [-0.3, -0.25) is 4.79 Å². The van der Waals surface area contributed by atoms with Crippen LogP contribution in [0.2, 0.25) is 5.02 Å². The molecular formula is C14H16ClN3O3S2. The van der Waals surface area contributed by atoms with E-state index in [-0.39, 0.29) is 15.1 Å². The molecule has 0 radical (unpaired) electrons. The average Bonchev–Trinajstić information content (AvgIpc) is 2.90. The van der Waals surface area contributed by atoms with Crippen LogP contribution in [0.15, 0.2) is 27.2 Å². The number of hydrogen-bond acceptors (Lipinski definition) is 5. The summed E-state index contributed by atoms with van der Waals surface area (Å²) in [6, 6.07) is 4.98. The molecule has 1 aromatic carbocycles. The van der Waals surface area contributed by atoms with Gasteiger partial charge in [-0.05, 0) is 36.6 Å². The molecule has 1 aromatic heterocycles. The van der Waals surface area contributed by atoms with Crippen LogP contribution in [0.3, 0.4) is 0 Å². The summed E-state index contributed by atoms with van der Waals surface area (Å²) in [7, 11) is -3.77. The van der Waals surface area contributed by atoms with E-state index < -0.39 is 10.0 Å². The van der Waals surface area contributed by atoms with Crippen LogP contribution in [0.25, 0.3) is 0 Å². The molecule has 0 fully saturated rings. The highest BCUT2D eigenvalue weighted by atomic mass is 35.5. The zero-order valence-corrected chi connectivity index (χ0v) is 14.7. The van der Waals surface area contributed by atoms with Gasteiger partial charge in [-0.2, -0.15) is 0 Å². The molecule has 0 amide bonds. The van der Waals surface area contributed by atoms with Crippen molar-refractivity contribution in [3.05, 3.63) is 44.1 Å². The Morgan fingerprint density at radius 2 is 2.22 bits per heavy atom. The van der Waals surface area contributed by atoms with Crippen LogP contribution in [0.1, 0.15) is 30.6 Å². The number of benzene rings is 1. The monoisotopic (exact) mass is 373 g/mol. The summed E-state index contributed by atoms with van der Waals surface area (Å²) in [5.41, 5.74) is 2.12. The van der Waals surface area contributed by atoms with Crippen LogP contribution in [-0.2, 0) is 16.4 Å². The minimum atomic E-state index is -3.77. The maximum atomic E-state index is 12.7. The number of aromatic nitrogens is 1. The van der Waals surface area contributed by atoms with Crippen molar-refractivity contribution in [1.82, 2.24) is 9.71 Å². The van der Waals surface area contributed by atoms with Gasteiger partial charge in [0.15, 0.2) is 4.21 Å². The fraction of sp³-hybridized carbons (Fsp3) is 0.357. The van der Waals surface area contributed by atoms with Gasteiger partial charge in [-0.15, -0.1) is 0 Å². The van der Waals surface area contributed by atoms with E-state index in [0.717, 1.165) is 11.3 Å². The molecule has 9 heteroatoms. The van der Waals surface area contributed by atoms with Gasteiger partial charge in [0.05, 0.1) is 6.04 Å². The van der Waals surface area contributed by atoms with Crippen molar-refractivity contribution >= 4 is 38.6 Å². The van der Waals surface area contributed by atoms with Crippen molar-refractivity contribution in [3.8, 4) is 0 Å². The Kier molecular flexibility index (Phi) is 4.50. The number of thiazole rings is 1. The van der Waals surface area contributed by atoms with Crippen molar-refractivity contribution in [2.24, 2.45) is 0 Å². The Morgan fingerprint density at radius 1 is 1.43 bits per heavy atom. The molecule has 0 saturated heterocycles. The summed E-state index contributed by atoms with van der Waals surface area (Å²) < 4.78 is 28.1. The molecule has 124 valence electrons. The Bertz CT molecular complexity index is 889. The quantitative estimate of drug-likeness (QED) is 0.767. The number of nitrogens with one attached hydrogen (secondary N) is 3. The molecule has 1 unspecified atom stereocenters. The lowest BCUT2D eigenvalue weighted by molar-refractivity contribution is 0.541. The van der Waals surface area contributed by atoms with Gasteiger partial charge in [0, 0.05) is 22.9 Å². The maximum Gasteiger partial charge on any atom is 0.306 e. The van der Waals surface area contributed by atoms with Crippen molar-refractivity contribution in [1.29, 1.82) is 0 Å². The molecule has 3 N–H and O–H groups in total. The van der Waals surface area contributed by atoms with E-state index in [2.05, 4.69) is 15.0 Å². The van der Waals surface area contributed by atoms with E-state index in [4.69, 9.17) is 11.6 Å². The minimum absolute atomic E-state index is 0.0621. The first-order valence-electron chi connectivity index (χ1n) is 7.18. The van der Waals surface area contributed by atoms with Gasteiger partial charge < -0.3 is 10.3 Å². The molecule has 2 aromatic rings. The topological polar surface area (TPSA) is 91.1 Å². The summed E-state index contributed by atoms with van der Waals surface area (Å²) in [5, 5.41) is 3.78. The van der Waals surface area contributed by atoms with E-state index in [1.807, 2.05) is 6.07 Å². The molecule has 3 rings (SSSR count). The molecule has 0 spiro atoms. The first-order chi connectivity index (χ1) is 10.9. The lowest BCUT2D eigenvalue weighted by Crippen LogP contribution is -2.33. The molecule has 0 bridgehead atoms. The number of aryl methyl sites for hydroxylation is 1. The zero-order chi connectivity index (χ0) is 16.6. The smallest absolute Gasteiger partial charge is 0.306 e. The summed E-state index contributed by atoms with van der Waals surface area (Å²) in [6.07, 6.45) is 1.05. The summed E-state index contributed by atoms with van der Waals surface area (Å²) in [5.74, 6) is 0. The highest BCUT2D eigenvalue weighted by molar-refractivity contribution is 7.91. The predicted octanol–water partition coefficient (Wildman–Crippen LogP) is 2.49. The number of H-pyrrole nitrogens is 1. The first-order valence-corrected chi connectivity index (χ1v) is 9.86. The number of hydrogen-bond donors (Lipinski definition) is 3. The molecule has 0 aliphatic carbocycles. The standard InChI is InChI=1S/C14H16ClN3O3S2/c1-2-10-13(22-14(19)17-10)23(20,21)18-12-5-6-16-11-4-3-8(15)7-9(11)12/h3-4,7,12,16,18H,2,5-6H2,1H3,(H,17,19). The third-order valence-corrected chi connectivity index (χ3v) is 6.91. The van der Waals surface area contributed by atoms with Crippen LogP contribution < -0.4 is 14.9 Å². The minimum Gasteiger partial charge on any atom is -0.385 e. The predicted molar refractivity (Wildman–Crippen MR) is 91.9 cm³/mol. The number of halogens is 1.